The number of hydrogen-bond acceptors (Lipinski definition) is 6. The molecule has 2 aromatic carbocycles. The van der Waals surface area contributed by atoms with Crippen molar-refractivity contribution in [3.63, 3.8) is 0 Å². The number of hydrogen-bond donors (Lipinski definition) is 1. The van der Waals surface area contributed by atoms with Gasteiger partial charge in [-0.05, 0) is 60.7 Å². The normalized spacial score (nSPS) is 15.2. The van der Waals surface area contributed by atoms with Crippen LogP contribution in [-0.4, -0.2) is 73.1 Å². The highest BCUT2D eigenvalue weighted by Crippen LogP contribution is 2.32. The van der Waals surface area contributed by atoms with Crippen molar-refractivity contribution < 1.29 is 14.3 Å². The SMILES string of the molecule is CCN(CC)C(=O)c1ccc(C(c2cccc(NC(=O)OC)c2)N2CCN(Cc3cccs3)CC2)cc1. The highest BCUT2D eigenvalue weighted by atomic mass is 32.1. The molecular formula is C29H36N4O3S. The molecule has 7 nitrogen and oxygen atoms in total. The van der Waals surface area contributed by atoms with Crippen molar-refractivity contribution in [1.82, 2.24) is 14.7 Å². The molecule has 4 rings (SSSR count). The number of carbonyl (C=O) groups is 2. The van der Waals surface area contributed by atoms with Gasteiger partial charge in [0.25, 0.3) is 5.91 Å². The minimum atomic E-state index is -0.491. The van der Waals surface area contributed by atoms with Crippen LogP contribution >= 0.6 is 11.3 Å². The molecular weight excluding hydrogens is 484 g/mol. The van der Waals surface area contributed by atoms with E-state index in [2.05, 4.69) is 50.8 Å². The topological polar surface area (TPSA) is 65.1 Å². The van der Waals surface area contributed by atoms with E-state index in [4.69, 9.17) is 4.74 Å². The van der Waals surface area contributed by atoms with Crippen molar-refractivity contribution in [3.8, 4) is 0 Å². The first kappa shape index (κ1) is 26.9. The average molecular weight is 521 g/mol. The Bertz CT molecular complexity index is 1150. The zero-order valence-corrected chi connectivity index (χ0v) is 22.7. The van der Waals surface area contributed by atoms with E-state index < -0.39 is 6.09 Å². The standard InChI is InChI=1S/C29H36N4O3S/c1-4-32(5-2)28(34)23-13-11-22(12-14-23)27(24-8-6-9-25(20-24)30-29(35)36-3)33-17-15-31(16-18-33)21-26-10-7-19-37-26/h6-14,19-20,27H,4-5,15-18,21H2,1-3H3,(H,30,35). The molecule has 1 aliphatic heterocycles. The maximum atomic E-state index is 12.9. The van der Waals surface area contributed by atoms with E-state index in [1.807, 2.05) is 49.1 Å². The summed E-state index contributed by atoms with van der Waals surface area (Å²) in [6.07, 6.45) is -0.491. The van der Waals surface area contributed by atoms with Crippen molar-refractivity contribution in [3.05, 3.63) is 87.6 Å². The molecule has 37 heavy (non-hydrogen) atoms. The smallest absolute Gasteiger partial charge is 0.411 e. The van der Waals surface area contributed by atoms with Crippen LogP contribution in [-0.2, 0) is 11.3 Å². The Morgan fingerprint density at radius 3 is 2.32 bits per heavy atom. The van der Waals surface area contributed by atoms with Crippen LogP contribution in [0.15, 0.2) is 66.0 Å². The number of amides is 2. The summed E-state index contributed by atoms with van der Waals surface area (Å²) in [6.45, 7) is 10.2. The fourth-order valence-electron chi connectivity index (χ4n) is 4.87. The lowest BCUT2D eigenvalue weighted by atomic mass is 9.95. The largest absolute Gasteiger partial charge is 0.453 e. The second-order valence-electron chi connectivity index (χ2n) is 9.14. The van der Waals surface area contributed by atoms with Gasteiger partial charge in [0.05, 0.1) is 13.2 Å². The zero-order valence-electron chi connectivity index (χ0n) is 21.9. The summed E-state index contributed by atoms with van der Waals surface area (Å²) in [6, 6.07) is 20.2. The first-order valence-corrected chi connectivity index (χ1v) is 13.7. The van der Waals surface area contributed by atoms with Crippen LogP contribution in [0.3, 0.4) is 0 Å². The molecule has 1 N–H and O–H groups in total. The quantitative estimate of drug-likeness (QED) is 0.414. The average Bonchev–Trinajstić information content (AvgIpc) is 3.44. The van der Waals surface area contributed by atoms with Gasteiger partial charge in [0, 0.05) is 61.9 Å². The minimum absolute atomic E-state index is 0.000824. The molecule has 0 radical (unpaired) electrons. The van der Waals surface area contributed by atoms with E-state index in [1.165, 1.54) is 12.0 Å². The number of thiophene rings is 1. The molecule has 196 valence electrons. The first-order chi connectivity index (χ1) is 18.0. The molecule has 1 aromatic heterocycles. The third kappa shape index (κ3) is 6.77. The van der Waals surface area contributed by atoms with Gasteiger partial charge in [-0.1, -0.05) is 30.3 Å². The van der Waals surface area contributed by atoms with Crippen molar-refractivity contribution in [2.75, 3.05) is 51.7 Å². The number of nitrogens with one attached hydrogen (secondary N) is 1. The maximum absolute atomic E-state index is 12.9. The molecule has 2 amide bonds. The predicted octanol–water partition coefficient (Wildman–Crippen LogP) is 5.32. The van der Waals surface area contributed by atoms with Crippen molar-refractivity contribution in [2.24, 2.45) is 0 Å². The lowest BCUT2D eigenvalue weighted by molar-refractivity contribution is 0.0772. The first-order valence-electron chi connectivity index (χ1n) is 12.8. The monoisotopic (exact) mass is 520 g/mol. The Hall–Kier alpha value is -3.20. The van der Waals surface area contributed by atoms with Gasteiger partial charge in [0.2, 0.25) is 0 Å². The molecule has 0 spiro atoms. The third-order valence-corrected chi connectivity index (χ3v) is 7.75. The van der Waals surface area contributed by atoms with Crippen LogP contribution in [0.4, 0.5) is 10.5 Å². The van der Waals surface area contributed by atoms with E-state index in [9.17, 15) is 9.59 Å². The summed E-state index contributed by atoms with van der Waals surface area (Å²) in [4.78, 5) is 32.9. The van der Waals surface area contributed by atoms with Crippen LogP contribution < -0.4 is 5.32 Å². The molecule has 2 heterocycles. The van der Waals surface area contributed by atoms with E-state index in [0.29, 0.717) is 24.3 Å². The van der Waals surface area contributed by atoms with Crippen LogP contribution in [0.5, 0.6) is 0 Å². The lowest BCUT2D eigenvalue weighted by Crippen LogP contribution is -2.47. The van der Waals surface area contributed by atoms with E-state index in [0.717, 1.165) is 43.9 Å². The molecule has 0 bridgehead atoms. The van der Waals surface area contributed by atoms with Crippen LogP contribution in [0.25, 0.3) is 0 Å². The Morgan fingerprint density at radius 1 is 0.973 bits per heavy atom. The van der Waals surface area contributed by atoms with Gasteiger partial charge < -0.3 is 9.64 Å². The van der Waals surface area contributed by atoms with Gasteiger partial charge in [-0.2, -0.15) is 0 Å². The van der Waals surface area contributed by atoms with E-state index >= 15 is 0 Å². The van der Waals surface area contributed by atoms with Crippen molar-refractivity contribution in [2.45, 2.75) is 26.4 Å². The molecule has 1 aliphatic rings. The highest BCUT2D eigenvalue weighted by molar-refractivity contribution is 7.09. The van der Waals surface area contributed by atoms with Crippen LogP contribution in [0.1, 0.15) is 46.3 Å². The predicted molar refractivity (Wildman–Crippen MR) is 149 cm³/mol. The molecule has 8 heteroatoms. The molecule has 1 saturated heterocycles. The fourth-order valence-corrected chi connectivity index (χ4v) is 5.62. The highest BCUT2D eigenvalue weighted by Gasteiger charge is 2.27. The summed E-state index contributed by atoms with van der Waals surface area (Å²) in [5.41, 5.74) is 3.61. The Morgan fingerprint density at radius 2 is 1.70 bits per heavy atom. The van der Waals surface area contributed by atoms with Gasteiger partial charge in [-0.3, -0.25) is 19.9 Å². The van der Waals surface area contributed by atoms with Crippen molar-refractivity contribution >= 4 is 29.0 Å². The number of nitrogens with zero attached hydrogens (tertiary/aromatic N) is 3. The van der Waals surface area contributed by atoms with Crippen LogP contribution in [0.2, 0.25) is 0 Å². The van der Waals surface area contributed by atoms with Crippen LogP contribution in [0, 0.1) is 0 Å². The molecule has 0 saturated carbocycles. The number of anilines is 1. The van der Waals surface area contributed by atoms with Gasteiger partial charge >= 0.3 is 6.09 Å². The van der Waals surface area contributed by atoms with E-state index in [1.54, 1.807) is 11.3 Å². The molecule has 3 aromatic rings. The minimum Gasteiger partial charge on any atom is -0.453 e. The number of methoxy groups -OCH3 is 1. The molecule has 1 atom stereocenters. The number of carbonyl (C=O) groups excluding carboxylic acids is 2. The third-order valence-electron chi connectivity index (χ3n) is 6.89. The lowest BCUT2D eigenvalue weighted by Gasteiger charge is -2.39. The van der Waals surface area contributed by atoms with Crippen molar-refractivity contribution in [1.29, 1.82) is 0 Å². The molecule has 1 unspecified atom stereocenters. The fraction of sp³-hybridized carbons (Fsp3) is 0.379. The van der Waals surface area contributed by atoms with Gasteiger partial charge in [0.1, 0.15) is 0 Å². The number of benzene rings is 2. The number of ether oxygens (including phenoxy) is 1. The number of rotatable bonds is 9. The summed E-state index contributed by atoms with van der Waals surface area (Å²) in [5, 5.41) is 4.92. The number of piperazine rings is 1. The van der Waals surface area contributed by atoms with Gasteiger partial charge in [-0.15, -0.1) is 11.3 Å². The maximum Gasteiger partial charge on any atom is 0.411 e. The Balaban J connectivity index is 1.58. The summed E-state index contributed by atoms with van der Waals surface area (Å²) in [5.74, 6) is 0.0552. The van der Waals surface area contributed by atoms with Gasteiger partial charge in [0.15, 0.2) is 0 Å². The second-order valence-corrected chi connectivity index (χ2v) is 10.2. The molecule has 1 fully saturated rings. The molecule has 0 aliphatic carbocycles. The summed E-state index contributed by atoms with van der Waals surface area (Å²) < 4.78 is 4.78. The Kier molecular flexibility index (Phi) is 9.33. The zero-order chi connectivity index (χ0) is 26.2. The van der Waals surface area contributed by atoms with E-state index in [-0.39, 0.29) is 11.9 Å². The second kappa shape index (κ2) is 12.9. The Labute approximate surface area is 223 Å². The summed E-state index contributed by atoms with van der Waals surface area (Å²) in [7, 11) is 1.36. The summed E-state index contributed by atoms with van der Waals surface area (Å²) >= 11 is 1.80. The van der Waals surface area contributed by atoms with Gasteiger partial charge in [-0.25, -0.2) is 4.79 Å².